The van der Waals surface area contributed by atoms with E-state index in [0.717, 1.165) is 30.0 Å². The molecule has 2 aromatic carbocycles. The van der Waals surface area contributed by atoms with E-state index in [2.05, 4.69) is 0 Å². The Morgan fingerprint density at radius 2 is 1.59 bits per heavy atom. The Bertz CT molecular complexity index is 963. The SMILES string of the molecule is CC(OCCOC(=O)C12CC3CC(CC(C3)C1)C2)OC(=O)Oc1ccc2ccccc2c1. The first-order valence-corrected chi connectivity index (χ1v) is 11.7. The fourth-order valence-electron chi connectivity index (χ4n) is 6.38. The molecule has 4 saturated carbocycles. The second-order valence-electron chi connectivity index (χ2n) is 9.75. The molecule has 0 N–H and O–H groups in total. The predicted octanol–water partition coefficient (Wildman–Crippen LogP) is 5.48. The van der Waals surface area contributed by atoms with Crippen LogP contribution in [-0.2, 0) is 19.0 Å². The highest BCUT2D eigenvalue weighted by atomic mass is 16.8. The molecule has 0 heterocycles. The molecule has 170 valence electrons. The normalized spacial score (nSPS) is 29.0. The van der Waals surface area contributed by atoms with Crippen molar-refractivity contribution in [3.8, 4) is 5.75 Å². The van der Waals surface area contributed by atoms with E-state index in [1.54, 1.807) is 19.1 Å². The lowest BCUT2D eigenvalue weighted by molar-refractivity contribution is -0.176. The summed E-state index contributed by atoms with van der Waals surface area (Å²) in [5.41, 5.74) is -0.263. The van der Waals surface area contributed by atoms with Crippen LogP contribution < -0.4 is 4.74 Å². The molecule has 0 saturated heterocycles. The number of carbonyl (C=O) groups excluding carboxylic acids is 2. The van der Waals surface area contributed by atoms with Crippen LogP contribution in [-0.4, -0.2) is 31.6 Å². The topological polar surface area (TPSA) is 71.1 Å². The molecule has 4 fully saturated rings. The summed E-state index contributed by atoms with van der Waals surface area (Å²) in [5, 5.41) is 2.04. The Morgan fingerprint density at radius 1 is 0.938 bits per heavy atom. The van der Waals surface area contributed by atoms with E-state index in [9.17, 15) is 9.59 Å². The first-order chi connectivity index (χ1) is 15.5. The molecule has 0 amide bonds. The van der Waals surface area contributed by atoms with Crippen molar-refractivity contribution in [2.75, 3.05) is 13.2 Å². The minimum absolute atomic E-state index is 0.0653. The second kappa shape index (κ2) is 8.74. The lowest BCUT2D eigenvalue weighted by atomic mass is 9.49. The van der Waals surface area contributed by atoms with E-state index < -0.39 is 12.4 Å². The Kier molecular flexibility index (Phi) is 5.80. The molecule has 4 aliphatic rings. The van der Waals surface area contributed by atoms with Gasteiger partial charge in [0.05, 0.1) is 12.0 Å². The third-order valence-corrected chi connectivity index (χ3v) is 7.32. The van der Waals surface area contributed by atoms with Crippen molar-refractivity contribution in [3.05, 3.63) is 42.5 Å². The maximum Gasteiger partial charge on any atom is 0.516 e. The zero-order chi connectivity index (χ0) is 22.1. The van der Waals surface area contributed by atoms with Gasteiger partial charge in [-0.2, -0.15) is 0 Å². The van der Waals surface area contributed by atoms with Crippen LogP contribution in [0.3, 0.4) is 0 Å². The molecule has 32 heavy (non-hydrogen) atoms. The van der Waals surface area contributed by atoms with Crippen molar-refractivity contribution >= 4 is 22.9 Å². The average molecular weight is 439 g/mol. The Hall–Kier alpha value is -2.60. The van der Waals surface area contributed by atoms with Gasteiger partial charge in [0.2, 0.25) is 6.29 Å². The summed E-state index contributed by atoms with van der Waals surface area (Å²) in [4.78, 5) is 24.9. The molecule has 2 aromatic rings. The number of rotatable bonds is 7. The molecule has 0 spiro atoms. The molecule has 0 radical (unpaired) electrons. The van der Waals surface area contributed by atoms with Crippen molar-refractivity contribution in [1.29, 1.82) is 0 Å². The Balaban J connectivity index is 1.04. The fourth-order valence-corrected chi connectivity index (χ4v) is 6.38. The van der Waals surface area contributed by atoms with Crippen molar-refractivity contribution in [1.82, 2.24) is 0 Å². The molecule has 1 atom stereocenters. The van der Waals surface area contributed by atoms with Gasteiger partial charge in [0.1, 0.15) is 12.4 Å². The van der Waals surface area contributed by atoms with Crippen molar-refractivity contribution < 1.29 is 28.5 Å². The van der Waals surface area contributed by atoms with Crippen molar-refractivity contribution in [2.45, 2.75) is 51.7 Å². The minimum atomic E-state index is -0.835. The molecule has 0 aromatic heterocycles. The Labute approximate surface area is 188 Å². The van der Waals surface area contributed by atoms with Crippen LogP contribution >= 0.6 is 0 Å². The smallest absolute Gasteiger partial charge is 0.463 e. The predicted molar refractivity (Wildman–Crippen MR) is 118 cm³/mol. The van der Waals surface area contributed by atoms with E-state index in [0.29, 0.717) is 23.5 Å². The highest BCUT2D eigenvalue weighted by molar-refractivity contribution is 5.84. The van der Waals surface area contributed by atoms with Gasteiger partial charge in [0, 0.05) is 0 Å². The number of hydrogen-bond acceptors (Lipinski definition) is 6. The number of ether oxygens (including phenoxy) is 4. The summed E-state index contributed by atoms with van der Waals surface area (Å²) in [6.07, 6.45) is 5.19. The standard InChI is InChI=1S/C26H30O6/c1-17(31-25(28)32-23-7-6-21-4-2-3-5-22(21)13-23)29-8-9-30-24(27)26-14-18-10-19(15-26)12-20(11-18)16-26/h2-7,13,17-20H,8-12,14-16H2,1H3. The molecular weight excluding hydrogens is 408 g/mol. The molecular formula is C26H30O6. The van der Waals surface area contributed by atoms with Gasteiger partial charge < -0.3 is 18.9 Å². The van der Waals surface area contributed by atoms with Crippen LogP contribution in [0.5, 0.6) is 5.75 Å². The zero-order valence-electron chi connectivity index (χ0n) is 18.5. The van der Waals surface area contributed by atoms with Crippen molar-refractivity contribution in [2.24, 2.45) is 23.2 Å². The minimum Gasteiger partial charge on any atom is -0.463 e. The molecule has 0 aliphatic heterocycles. The summed E-state index contributed by atoms with van der Waals surface area (Å²) in [7, 11) is 0. The third kappa shape index (κ3) is 4.46. The van der Waals surface area contributed by atoms with Gasteiger partial charge >= 0.3 is 12.1 Å². The average Bonchev–Trinajstić information content (AvgIpc) is 2.75. The third-order valence-electron chi connectivity index (χ3n) is 7.32. The summed E-state index contributed by atoms with van der Waals surface area (Å²) < 4.78 is 21.5. The maximum atomic E-state index is 12.8. The van der Waals surface area contributed by atoms with Gasteiger partial charge in [-0.1, -0.05) is 30.3 Å². The Morgan fingerprint density at radius 3 is 2.28 bits per heavy atom. The molecule has 6 rings (SSSR count). The highest BCUT2D eigenvalue weighted by Gasteiger charge is 2.55. The number of hydrogen-bond donors (Lipinski definition) is 0. The van der Waals surface area contributed by atoms with Gasteiger partial charge in [-0.05, 0) is 86.1 Å². The summed E-state index contributed by atoms with van der Waals surface area (Å²) in [6, 6.07) is 13.2. The monoisotopic (exact) mass is 438 g/mol. The van der Waals surface area contributed by atoms with E-state index >= 15 is 0 Å². The molecule has 4 bridgehead atoms. The number of carbonyl (C=O) groups is 2. The number of esters is 1. The maximum absolute atomic E-state index is 12.8. The fraction of sp³-hybridized carbons (Fsp3) is 0.538. The highest BCUT2D eigenvalue weighted by Crippen LogP contribution is 2.60. The summed E-state index contributed by atoms with van der Waals surface area (Å²) in [5.74, 6) is 2.45. The van der Waals surface area contributed by atoms with Crippen LogP contribution in [0.15, 0.2) is 42.5 Å². The first-order valence-electron chi connectivity index (χ1n) is 11.7. The lowest BCUT2D eigenvalue weighted by Crippen LogP contribution is -2.50. The van der Waals surface area contributed by atoms with Gasteiger partial charge in [0.15, 0.2) is 0 Å². The van der Waals surface area contributed by atoms with Crippen molar-refractivity contribution in [3.63, 3.8) is 0 Å². The summed E-state index contributed by atoms with van der Waals surface area (Å²) in [6.45, 7) is 1.94. The number of fused-ring (bicyclic) bond motifs is 1. The van der Waals surface area contributed by atoms with E-state index in [1.807, 2.05) is 30.3 Å². The van der Waals surface area contributed by atoms with E-state index in [4.69, 9.17) is 18.9 Å². The van der Waals surface area contributed by atoms with Crippen LogP contribution in [0.25, 0.3) is 10.8 Å². The van der Waals surface area contributed by atoms with Gasteiger partial charge in [0.25, 0.3) is 0 Å². The van der Waals surface area contributed by atoms with Crippen LogP contribution in [0.2, 0.25) is 0 Å². The second-order valence-corrected chi connectivity index (χ2v) is 9.75. The summed E-state index contributed by atoms with van der Waals surface area (Å²) >= 11 is 0. The van der Waals surface area contributed by atoms with Crippen LogP contribution in [0.4, 0.5) is 4.79 Å². The van der Waals surface area contributed by atoms with E-state index in [-0.39, 0.29) is 24.6 Å². The molecule has 6 nitrogen and oxygen atoms in total. The van der Waals surface area contributed by atoms with E-state index in [1.165, 1.54) is 19.3 Å². The van der Waals surface area contributed by atoms with Gasteiger partial charge in [-0.3, -0.25) is 4.79 Å². The molecule has 1 unspecified atom stereocenters. The van der Waals surface area contributed by atoms with Crippen LogP contribution in [0.1, 0.15) is 45.4 Å². The molecule has 6 heteroatoms. The quantitative estimate of drug-likeness (QED) is 0.247. The van der Waals surface area contributed by atoms with Gasteiger partial charge in [-0.15, -0.1) is 0 Å². The van der Waals surface area contributed by atoms with Gasteiger partial charge in [-0.25, -0.2) is 4.79 Å². The lowest BCUT2D eigenvalue weighted by Gasteiger charge is -2.55. The number of benzene rings is 2. The van der Waals surface area contributed by atoms with Crippen LogP contribution in [0, 0.1) is 23.2 Å². The molecule has 4 aliphatic carbocycles. The largest absolute Gasteiger partial charge is 0.516 e. The first kappa shape index (κ1) is 21.3. The zero-order valence-corrected chi connectivity index (χ0v) is 18.5.